The molecule has 1 aliphatic heterocycles. The number of aliphatic hydroxyl groups excluding tert-OH is 2. The molecule has 4 heteroatoms. The number of fused-ring (bicyclic) bond motifs is 1. The van der Waals surface area contributed by atoms with Gasteiger partial charge < -0.3 is 19.7 Å². The van der Waals surface area contributed by atoms with Gasteiger partial charge in [0.15, 0.2) is 0 Å². The van der Waals surface area contributed by atoms with Crippen LogP contribution in [0.1, 0.15) is 12.0 Å². The van der Waals surface area contributed by atoms with Crippen LogP contribution in [-0.4, -0.2) is 41.7 Å². The zero-order valence-electron chi connectivity index (χ0n) is 10.8. The van der Waals surface area contributed by atoms with Crippen LogP contribution < -0.4 is 0 Å². The fraction of sp³-hybridized carbons (Fsp3) is 0.600. The average molecular weight is 264 g/mol. The number of hydrogen-bond acceptors (Lipinski definition) is 4. The van der Waals surface area contributed by atoms with Crippen molar-refractivity contribution in [1.29, 1.82) is 0 Å². The van der Waals surface area contributed by atoms with Gasteiger partial charge in [0.05, 0.1) is 25.4 Å². The van der Waals surface area contributed by atoms with Crippen LogP contribution >= 0.6 is 0 Å². The Bertz CT molecular complexity index is 408. The van der Waals surface area contributed by atoms with E-state index in [0.717, 1.165) is 5.56 Å². The molecule has 1 aromatic rings. The van der Waals surface area contributed by atoms with Gasteiger partial charge in [-0.15, -0.1) is 0 Å². The van der Waals surface area contributed by atoms with E-state index in [1.165, 1.54) is 0 Å². The topological polar surface area (TPSA) is 58.9 Å². The summed E-state index contributed by atoms with van der Waals surface area (Å²) >= 11 is 0. The van der Waals surface area contributed by atoms with Crippen LogP contribution in [0.4, 0.5) is 0 Å². The Morgan fingerprint density at radius 2 is 1.95 bits per heavy atom. The van der Waals surface area contributed by atoms with E-state index >= 15 is 0 Å². The van der Waals surface area contributed by atoms with Crippen molar-refractivity contribution in [1.82, 2.24) is 0 Å². The fourth-order valence-electron chi connectivity index (χ4n) is 3.13. The zero-order chi connectivity index (χ0) is 13.2. The fourth-order valence-corrected chi connectivity index (χ4v) is 3.13. The molecule has 0 bridgehead atoms. The normalized spacial score (nSPS) is 38.1. The molecule has 5 atom stereocenters. The molecule has 3 rings (SSSR count). The molecule has 0 spiro atoms. The average Bonchev–Trinajstić information content (AvgIpc) is 2.88. The number of aliphatic hydroxyl groups is 2. The van der Waals surface area contributed by atoms with Gasteiger partial charge in [-0.25, -0.2) is 0 Å². The zero-order valence-corrected chi connectivity index (χ0v) is 10.8. The smallest absolute Gasteiger partial charge is 0.106 e. The summed E-state index contributed by atoms with van der Waals surface area (Å²) in [6.45, 7) is 1.74. The lowest BCUT2D eigenvalue weighted by Gasteiger charge is -2.39. The predicted octanol–water partition coefficient (Wildman–Crippen LogP) is 0.960. The first kappa shape index (κ1) is 13.1. The van der Waals surface area contributed by atoms with E-state index in [1.807, 2.05) is 30.3 Å². The minimum absolute atomic E-state index is 0.196. The Labute approximate surface area is 113 Å². The van der Waals surface area contributed by atoms with Gasteiger partial charge in [-0.05, 0) is 17.9 Å². The lowest BCUT2D eigenvalue weighted by molar-refractivity contribution is -0.150. The van der Waals surface area contributed by atoms with Gasteiger partial charge in [-0.3, -0.25) is 0 Å². The summed E-state index contributed by atoms with van der Waals surface area (Å²) in [6.07, 6.45) is -1.25. The van der Waals surface area contributed by atoms with Gasteiger partial charge >= 0.3 is 0 Å². The van der Waals surface area contributed by atoms with E-state index in [4.69, 9.17) is 9.47 Å². The Kier molecular flexibility index (Phi) is 3.84. The van der Waals surface area contributed by atoms with E-state index < -0.39 is 12.2 Å². The second-order valence-electron chi connectivity index (χ2n) is 5.52. The standard InChI is InChI=1S/C15H20O4/c16-13-6-11-8-18-9-12(11)15(14(13)17)19-7-10-4-2-1-3-5-10/h1-5,11-17H,6-9H2/t11?,12?,13?,14?,15-/m0/s1. The minimum atomic E-state index is -0.813. The van der Waals surface area contributed by atoms with Gasteiger partial charge in [0.1, 0.15) is 6.10 Å². The maximum Gasteiger partial charge on any atom is 0.106 e. The van der Waals surface area contributed by atoms with Crippen LogP contribution in [0.5, 0.6) is 0 Å². The number of ether oxygens (including phenoxy) is 2. The predicted molar refractivity (Wildman–Crippen MR) is 69.4 cm³/mol. The van der Waals surface area contributed by atoms with E-state index in [9.17, 15) is 10.2 Å². The molecule has 19 heavy (non-hydrogen) atoms. The highest BCUT2D eigenvalue weighted by atomic mass is 16.5. The van der Waals surface area contributed by atoms with Crippen LogP contribution in [0.25, 0.3) is 0 Å². The van der Waals surface area contributed by atoms with Crippen molar-refractivity contribution in [2.75, 3.05) is 13.2 Å². The molecule has 2 aliphatic rings. The molecule has 1 saturated heterocycles. The molecule has 0 amide bonds. The molecule has 2 fully saturated rings. The van der Waals surface area contributed by atoms with Crippen molar-refractivity contribution in [3.63, 3.8) is 0 Å². The number of rotatable bonds is 3. The molecule has 4 nitrogen and oxygen atoms in total. The van der Waals surface area contributed by atoms with Crippen LogP contribution in [0.3, 0.4) is 0 Å². The summed E-state index contributed by atoms with van der Waals surface area (Å²) in [6, 6.07) is 9.88. The molecule has 104 valence electrons. The van der Waals surface area contributed by atoms with Gasteiger partial charge in [0, 0.05) is 12.5 Å². The minimum Gasteiger partial charge on any atom is -0.390 e. The van der Waals surface area contributed by atoms with Gasteiger partial charge in [-0.1, -0.05) is 30.3 Å². The first-order valence-electron chi connectivity index (χ1n) is 6.85. The Balaban J connectivity index is 1.67. The molecule has 1 aromatic carbocycles. The molecule has 2 N–H and O–H groups in total. The highest BCUT2D eigenvalue weighted by molar-refractivity contribution is 5.13. The third kappa shape index (κ3) is 2.67. The second-order valence-corrected chi connectivity index (χ2v) is 5.52. The van der Waals surface area contributed by atoms with Crippen molar-refractivity contribution in [3.8, 4) is 0 Å². The Morgan fingerprint density at radius 1 is 1.16 bits per heavy atom. The molecule has 0 aromatic heterocycles. The third-order valence-corrected chi connectivity index (χ3v) is 4.23. The molecular weight excluding hydrogens is 244 g/mol. The third-order valence-electron chi connectivity index (χ3n) is 4.23. The lowest BCUT2D eigenvalue weighted by Crippen LogP contribution is -2.51. The summed E-state index contributed by atoms with van der Waals surface area (Å²) in [4.78, 5) is 0. The summed E-state index contributed by atoms with van der Waals surface area (Å²) in [5.74, 6) is 0.501. The van der Waals surface area contributed by atoms with Crippen molar-refractivity contribution in [2.45, 2.75) is 31.3 Å². The number of hydrogen-bond donors (Lipinski definition) is 2. The summed E-state index contributed by atoms with van der Waals surface area (Å²) in [5.41, 5.74) is 1.07. The first-order valence-corrected chi connectivity index (χ1v) is 6.85. The Morgan fingerprint density at radius 3 is 2.74 bits per heavy atom. The van der Waals surface area contributed by atoms with Crippen molar-refractivity contribution in [3.05, 3.63) is 35.9 Å². The van der Waals surface area contributed by atoms with Gasteiger partial charge in [0.2, 0.25) is 0 Å². The quantitative estimate of drug-likeness (QED) is 0.853. The van der Waals surface area contributed by atoms with Crippen LogP contribution in [0.2, 0.25) is 0 Å². The first-order chi connectivity index (χ1) is 9.25. The van der Waals surface area contributed by atoms with Gasteiger partial charge in [-0.2, -0.15) is 0 Å². The monoisotopic (exact) mass is 264 g/mol. The second kappa shape index (κ2) is 5.59. The van der Waals surface area contributed by atoms with Crippen molar-refractivity contribution >= 4 is 0 Å². The van der Waals surface area contributed by atoms with E-state index in [2.05, 4.69) is 0 Å². The maximum atomic E-state index is 10.1. The highest BCUT2D eigenvalue weighted by Crippen LogP contribution is 2.37. The largest absolute Gasteiger partial charge is 0.390 e. The van der Waals surface area contributed by atoms with Gasteiger partial charge in [0.25, 0.3) is 0 Å². The van der Waals surface area contributed by atoms with Crippen LogP contribution in [-0.2, 0) is 16.1 Å². The van der Waals surface area contributed by atoms with Crippen LogP contribution in [0.15, 0.2) is 30.3 Å². The Hall–Kier alpha value is -0.940. The summed E-state index contributed by atoms with van der Waals surface area (Å²) in [5, 5.41) is 20.0. The molecule has 1 saturated carbocycles. The summed E-state index contributed by atoms with van der Waals surface area (Å²) in [7, 11) is 0. The molecule has 0 radical (unpaired) electrons. The molecule has 1 aliphatic carbocycles. The number of benzene rings is 1. The van der Waals surface area contributed by atoms with Crippen LogP contribution in [0, 0.1) is 11.8 Å². The lowest BCUT2D eigenvalue weighted by atomic mass is 9.76. The molecule has 4 unspecified atom stereocenters. The maximum absolute atomic E-state index is 10.1. The molecular formula is C15H20O4. The highest BCUT2D eigenvalue weighted by Gasteiger charge is 2.46. The summed E-state index contributed by atoms with van der Waals surface area (Å²) < 4.78 is 11.3. The van der Waals surface area contributed by atoms with E-state index in [-0.39, 0.29) is 12.0 Å². The van der Waals surface area contributed by atoms with Crippen molar-refractivity contribution < 1.29 is 19.7 Å². The SMILES string of the molecule is OC1CC2COCC2[C@H](OCc2ccccc2)C1O. The van der Waals surface area contributed by atoms with Crippen molar-refractivity contribution in [2.24, 2.45) is 11.8 Å². The molecule has 1 heterocycles. The van der Waals surface area contributed by atoms with E-state index in [1.54, 1.807) is 0 Å². The van der Waals surface area contributed by atoms with E-state index in [0.29, 0.717) is 32.2 Å².